The van der Waals surface area contributed by atoms with Gasteiger partial charge in [-0.15, -0.1) is 12.4 Å². The number of nitrogens with zero attached hydrogens (tertiary/aromatic N) is 2. The Kier molecular flexibility index (Phi) is 5.19. The van der Waals surface area contributed by atoms with Crippen LogP contribution in [0.15, 0.2) is 18.3 Å². The number of hydrogen-bond acceptors (Lipinski definition) is 3. The van der Waals surface area contributed by atoms with Crippen LogP contribution in [0.5, 0.6) is 0 Å². The van der Waals surface area contributed by atoms with E-state index in [0.29, 0.717) is 5.92 Å². The van der Waals surface area contributed by atoms with Gasteiger partial charge in [0.2, 0.25) is 0 Å². The number of aryl methyl sites for hydroxylation is 1. The average Bonchev–Trinajstić information content (AvgIpc) is 2.69. The minimum absolute atomic E-state index is 0. The third-order valence-corrected chi connectivity index (χ3v) is 3.08. The van der Waals surface area contributed by atoms with Gasteiger partial charge in [-0.3, -0.25) is 9.88 Å². The summed E-state index contributed by atoms with van der Waals surface area (Å²) in [6.07, 6.45) is 3.22. The van der Waals surface area contributed by atoms with E-state index in [-0.39, 0.29) is 12.4 Å². The van der Waals surface area contributed by atoms with Gasteiger partial charge in [0.1, 0.15) is 0 Å². The maximum absolute atomic E-state index is 5.67. The van der Waals surface area contributed by atoms with Gasteiger partial charge in [0, 0.05) is 25.0 Å². The molecular formula is C12H20ClN3. The lowest BCUT2D eigenvalue weighted by atomic mass is 10.1. The van der Waals surface area contributed by atoms with Crippen LogP contribution in [-0.4, -0.2) is 29.5 Å². The second kappa shape index (κ2) is 6.18. The lowest BCUT2D eigenvalue weighted by Gasteiger charge is -2.15. The van der Waals surface area contributed by atoms with Crippen LogP contribution in [0, 0.1) is 12.8 Å². The molecule has 1 aromatic heterocycles. The molecule has 1 aromatic rings. The predicted molar refractivity (Wildman–Crippen MR) is 68.7 cm³/mol. The van der Waals surface area contributed by atoms with E-state index in [9.17, 15) is 0 Å². The molecule has 0 bridgehead atoms. The van der Waals surface area contributed by atoms with Gasteiger partial charge in [0.05, 0.1) is 0 Å². The molecule has 0 aliphatic carbocycles. The topological polar surface area (TPSA) is 42.1 Å². The zero-order valence-corrected chi connectivity index (χ0v) is 10.5. The Balaban J connectivity index is 0.00000128. The molecule has 4 heteroatoms. The fraction of sp³-hybridized carbons (Fsp3) is 0.583. The largest absolute Gasteiger partial charge is 0.330 e. The fourth-order valence-electron chi connectivity index (χ4n) is 2.10. The minimum atomic E-state index is 0. The number of nitrogens with two attached hydrogens (primary N) is 1. The molecule has 1 atom stereocenters. The molecule has 0 amide bonds. The average molecular weight is 242 g/mol. The third kappa shape index (κ3) is 3.44. The van der Waals surface area contributed by atoms with E-state index in [4.69, 9.17) is 5.73 Å². The van der Waals surface area contributed by atoms with Crippen molar-refractivity contribution in [2.24, 2.45) is 11.7 Å². The van der Waals surface area contributed by atoms with Gasteiger partial charge in [-0.2, -0.15) is 0 Å². The van der Waals surface area contributed by atoms with Crippen molar-refractivity contribution in [2.45, 2.75) is 19.9 Å². The molecule has 1 aliphatic rings. The molecule has 3 nitrogen and oxygen atoms in total. The molecule has 0 spiro atoms. The van der Waals surface area contributed by atoms with Gasteiger partial charge in [0.15, 0.2) is 0 Å². The summed E-state index contributed by atoms with van der Waals surface area (Å²) >= 11 is 0. The van der Waals surface area contributed by atoms with E-state index in [1.54, 1.807) is 0 Å². The zero-order valence-electron chi connectivity index (χ0n) is 9.72. The maximum atomic E-state index is 5.67. The van der Waals surface area contributed by atoms with E-state index in [0.717, 1.165) is 25.3 Å². The second-order valence-electron chi connectivity index (χ2n) is 4.43. The summed E-state index contributed by atoms with van der Waals surface area (Å²) in [6, 6.07) is 4.24. The second-order valence-corrected chi connectivity index (χ2v) is 4.43. The molecule has 2 heterocycles. The van der Waals surface area contributed by atoms with E-state index in [1.165, 1.54) is 18.5 Å². The summed E-state index contributed by atoms with van der Waals surface area (Å²) in [5.41, 5.74) is 8.06. The lowest BCUT2D eigenvalue weighted by molar-refractivity contribution is 0.317. The minimum Gasteiger partial charge on any atom is -0.330 e. The van der Waals surface area contributed by atoms with Gasteiger partial charge in [-0.05, 0) is 44.0 Å². The Bertz CT molecular complexity index is 313. The highest BCUT2D eigenvalue weighted by molar-refractivity contribution is 5.85. The summed E-state index contributed by atoms with van der Waals surface area (Å²) in [5, 5.41) is 0. The summed E-state index contributed by atoms with van der Waals surface area (Å²) in [4.78, 5) is 6.77. The molecule has 90 valence electrons. The fourth-order valence-corrected chi connectivity index (χ4v) is 2.10. The van der Waals surface area contributed by atoms with Crippen molar-refractivity contribution >= 4 is 12.4 Å². The van der Waals surface area contributed by atoms with Crippen LogP contribution in [-0.2, 0) is 6.54 Å². The van der Waals surface area contributed by atoms with Crippen LogP contribution in [0.4, 0.5) is 0 Å². The molecule has 1 aliphatic heterocycles. The first-order valence-electron chi connectivity index (χ1n) is 5.62. The van der Waals surface area contributed by atoms with Crippen molar-refractivity contribution in [3.63, 3.8) is 0 Å². The SMILES string of the molecule is Cc1ccc(CN2CCC(CN)C2)cn1.Cl. The number of aromatic nitrogens is 1. The molecule has 0 radical (unpaired) electrons. The Morgan fingerprint density at radius 2 is 2.31 bits per heavy atom. The van der Waals surface area contributed by atoms with Gasteiger partial charge in [0.25, 0.3) is 0 Å². The number of rotatable bonds is 3. The number of hydrogen-bond donors (Lipinski definition) is 1. The number of pyridine rings is 1. The third-order valence-electron chi connectivity index (χ3n) is 3.08. The first kappa shape index (κ1) is 13.4. The van der Waals surface area contributed by atoms with Crippen LogP contribution >= 0.6 is 12.4 Å². The van der Waals surface area contributed by atoms with Crippen LogP contribution in [0.2, 0.25) is 0 Å². The van der Waals surface area contributed by atoms with Crippen LogP contribution in [0.3, 0.4) is 0 Å². The Morgan fingerprint density at radius 1 is 1.50 bits per heavy atom. The molecular weight excluding hydrogens is 222 g/mol. The van der Waals surface area contributed by atoms with Crippen molar-refractivity contribution < 1.29 is 0 Å². The first-order valence-corrected chi connectivity index (χ1v) is 5.62. The Morgan fingerprint density at radius 3 is 2.88 bits per heavy atom. The molecule has 1 unspecified atom stereocenters. The van der Waals surface area contributed by atoms with E-state index in [1.807, 2.05) is 13.1 Å². The molecule has 2 rings (SSSR count). The smallest absolute Gasteiger partial charge is 0.0372 e. The van der Waals surface area contributed by atoms with E-state index >= 15 is 0 Å². The van der Waals surface area contributed by atoms with Crippen molar-refractivity contribution in [2.75, 3.05) is 19.6 Å². The molecule has 2 N–H and O–H groups in total. The zero-order chi connectivity index (χ0) is 10.7. The highest BCUT2D eigenvalue weighted by Crippen LogP contribution is 2.17. The summed E-state index contributed by atoms with van der Waals surface area (Å²) < 4.78 is 0. The monoisotopic (exact) mass is 241 g/mol. The maximum Gasteiger partial charge on any atom is 0.0372 e. The first-order chi connectivity index (χ1) is 7.28. The summed E-state index contributed by atoms with van der Waals surface area (Å²) in [5.74, 6) is 0.698. The summed E-state index contributed by atoms with van der Waals surface area (Å²) in [7, 11) is 0. The quantitative estimate of drug-likeness (QED) is 0.874. The Labute approximate surface area is 103 Å². The van der Waals surface area contributed by atoms with Gasteiger partial charge >= 0.3 is 0 Å². The normalized spacial score (nSPS) is 20.8. The molecule has 0 saturated carbocycles. The van der Waals surface area contributed by atoms with Crippen molar-refractivity contribution in [3.8, 4) is 0 Å². The van der Waals surface area contributed by atoms with Gasteiger partial charge in [-0.1, -0.05) is 6.07 Å². The van der Waals surface area contributed by atoms with Crippen molar-refractivity contribution in [1.29, 1.82) is 0 Å². The number of likely N-dealkylation sites (tertiary alicyclic amines) is 1. The van der Waals surface area contributed by atoms with Crippen molar-refractivity contribution in [1.82, 2.24) is 9.88 Å². The highest BCUT2D eigenvalue weighted by atomic mass is 35.5. The van der Waals surface area contributed by atoms with Gasteiger partial charge < -0.3 is 5.73 Å². The van der Waals surface area contributed by atoms with Crippen LogP contribution in [0.1, 0.15) is 17.7 Å². The standard InChI is InChI=1S/C12H19N3.ClH/c1-10-2-3-12(7-14-10)9-15-5-4-11(6-13)8-15;/h2-3,7,11H,4-6,8-9,13H2,1H3;1H. The van der Waals surface area contributed by atoms with Crippen LogP contribution < -0.4 is 5.73 Å². The Hall–Kier alpha value is -0.640. The van der Waals surface area contributed by atoms with Crippen LogP contribution in [0.25, 0.3) is 0 Å². The van der Waals surface area contributed by atoms with E-state index in [2.05, 4.69) is 22.0 Å². The predicted octanol–water partition coefficient (Wildman–Crippen LogP) is 1.59. The molecule has 16 heavy (non-hydrogen) atoms. The molecule has 1 saturated heterocycles. The van der Waals surface area contributed by atoms with E-state index < -0.39 is 0 Å². The summed E-state index contributed by atoms with van der Waals surface area (Å²) in [6.45, 7) is 6.18. The van der Waals surface area contributed by atoms with Crippen molar-refractivity contribution in [3.05, 3.63) is 29.6 Å². The lowest BCUT2D eigenvalue weighted by Crippen LogP contribution is -2.22. The number of halogens is 1. The van der Waals surface area contributed by atoms with Gasteiger partial charge in [-0.25, -0.2) is 0 Å². The molecule has 1 fully saturated rings. The highest BCUT2D eigenvalue weighted by Gasteiger charge is 2.20. The molecule has 0 aromatic carbocycles.